The molecule has 1 amide bonds. The van der Waals surface area contributed by atoms with Gasteiger partial charge >= 0.3 is 6.36 Å². The van der Waals surface area contributed by atoms with Crippen molar-refractivity contribution >= 4 is 28.6 Å². The van der Waals surface area contributed by atoms with Crippen molar-refractivity contribution in [1.82, 2.24) is 14.9 Å². The summed E-state index contributed by atoms with van der Waals surface area (Å²) in [5.41, 5.74) is 2.94. The fraction of sp³-hybridized carbons (Fsp3) is 0.462. The van der Waals surface area contributed by atoms with Crippen LogP contribution in [0.25, 0.3) is 11.0 Å². The average Bonchev–Trinajstić information content (AvgIpc) is 3.08. The Morgan fingerprint density at radius 3 is 2.51 bits per heavy atom. The molecule has 1 fully saturated rings. The number of aromatic nitrogens is 2. The number of amides is 1. The van der Waals surface area contributed by atoms with Crippen molar-refractivity contribution in [3.63, 3.8) is 0 Å². The fourth-order valence-corrected chi connectivity index (χ4v) is 5.50. The predicted molar refractivity (Wildman–Crippen MR) is 130 cm³/mol. The van der Waals surface area contributed by atoms with Crippen LogP contribution in [0.15, 0.2) is 42.5 Å². The highest BCUT2D eigenvalue weighted by molar-refractivity contribution is 5.97. The van der Waals surface area contributed by atoms with Crippen LogP contribution in [0.5, 0.6) is 5.75 Å². The van der Waals surface area contributed by atoms with Crippen molar-refractivity contribution in [2.75, 3.05) is 12.4 Å². The maximum Gasteiger partial charge on any atom is 0.573 e. The molecule has 3 aromatic rings. The fourth-order valence-electron chi connectivity index (χ4n) is 5.50. The molecule has 1 unspecified atom stereocenters. The van der Waals surface area contributed by atoms with Crippen molar-refractivity contribution in [2.24, 2.45) is 17.3 Å². The Hall–Kier alpha value is -3.23. The Morgan fingerprint density at radius 1 is 1.17 bits per heavy atom. The molecule has 9 heteroatoms. The third-order valence-electron chi connectivity index (χ3n) is 6.50. The van der Waals surface area contributed by atoms with Crippen LogP contribution in [0, 0.1) is 17.3 Å². The number of hydrogen-bond donors (Lipinski definition) is 2. The highest BCUT2D eigenvalue weighted by atomic mass is 19.4. The minimum Gasteiger partial charge on any atom is -0.406 e. The summed E-state index contributed by atoms with van der Waals surface area (Å²) in [6, 6.07) is 10.9. The lowest BCUT2D eigenvalue weighted by molar-refractivity contribution is -0.274. The van der Waals surface area contributed by atoms with Crippen LogP contribution in [0.3, 0.4) is 0 Å². The standard InChI is InChI=1S/C26H31F3N4O2/c1-16-11-17(14-25(2,3)13-16)15-33-22-12-18(23(34)30-4)5-10-21(22)32-24(33)31-19-6-8-20(9-7-19)35-26(27,28)29/h5-10,12,16-17H,11,13-15H2,1-4H3,(H,30,34)(H,31,32)/t16-,17?/m0/s1. The Bertz CT molecular complexity index is 1200. The number of benzene rings is 2. The maximum absolute atomic E-state index is 12.5. The van der Waals surface area contributed by atoms with E-state index in [9.17, 15) is 18.0 Å². The van der Waals surface area contributed by atoms with Crippen molar-refractivity contribution in [3.8, 4) is 5.75 Å². The van der Waals surface area contributed by atoms with Crippen LogP contribution >= 0.6 is 0 Å². The number of carbonyl (C=O) groups excluding carboxylic acids is 1. The number of fused-ring (bicyclic) bond motifs is 1. The number of hydrogen-bond acceptors (Lipinski definition) is 4. The van der Waals surface area contributed by atoms with Crippen LogP contribution in [0.1, 0.15) is 50.4 Å². The molecule has 35 heavy (non-hydrogen) atoms. The van der Waals surface area contributed by atoms with E-state index in [1.807, 2.05) is 12.1 Å². The molecule has 0 saturated heterocycles. The minimum atomic E-state index is -4.74. The maximum atomic E-state index is 12.5. The van der Waals surface area contributed by atoms with Gasteiger partial charge in [0.25, 0.3) is 5.91 Å². The lowest BCUT2D eigenvalue weighted by Crippen LogP contribution is -2.30. The quantitative estimate of drug-likeness (QED) is 0.416. The normalized spacial score (nSPS) is 20.0. The molecular formula is C26H31F3N4O2. The Kier molecular flexibility index (Phi) is 6.71. The second kappa shape index (κ2) is 9.43. The molecule has 0 aliphatic heterocycles. The zero-order valence-corrected chi connectivity index (χ0v) is 20.4. The van der Waals surface area contributed by atoms with E-state index in [0.717, 1.165) is 30.4 Å². The number of halogens is 3. The van der Waals surface area contributed by atoms with Gasteiger partial charge in [-0.25, -0.2) is 4.98 Å². The van der Waals surface area contributed by atoms with Gasteiger partial charge in [0.1, 0.15) is 5.75 Å². The van der Waals surface area contributed by atoms with E-state index in [-0.39, 0.29) is 17.1 Å². The Balaban J connectivity index is 1.68. The summed E-state index contributed by atoms with van der Waals surface area (Å²) < 4.78 is 43.6. The van der Waals surface area contributed by atoms with Crippen LogP contribution in [0.2, 0.25) is 0 Å². The molecular weight excluding hydrogens is 457 g/mol. The van der Waals surface area contributed by atoms with E-state index >= 15 is 0 Å². The summed E-state index contributed by atoms with van der Waals surface area (Å²) in [6.45, 7) is 7.61. The van der Waals surface area contributed by atoms with Gasteiger partial charge in [-0.15, -0.1) is 13.2 Å². The molecule has 1 aromatic heterocycles. The SMILES string of the molecule is CNC(=O)c1ccc2nc(Nc3ccc(OC(F)(F)F)cc3)n(CC3C[C@H](C)CC(C)(C)C3)c2c1. The van der Waals surface area contributed by atoms with Crippen LogP contribution in [0.4, 0.5) is 24.8 Å². The topological polar surface area (TPSA) is 68.2 Å². The number of nitrogens with zero attached hydrogens (tertiary/aromatic N) is 2. The largest absolute Gasteiger partial charge is 0.573 e. The molecule has 2 N–H and O–H groups in total. The van der Waals surface area contributed by atoms with E-state index < -0.39 is 6.36 Å². The van der Waals surface area contributed by atoms with Crippen LogP contribution < -0.4 is 15.4 Å². The zero-order valence-electron chi connectivity index (χ0n) is 20.4. The number of nitrogens with one attached hydrogen (secondary N) is 2. The molecule has 0 bridgehead atoms. The summed E-state index contributed by atoms with van der Waals surface area (Å²) in [4.78, 5) is 17.0. The molecule has 188 valence electrons. The highest BCUT2D eigenvalue weighted by Crippen LogP contribution is 2.43. The van der Waals surface area contributed by atoms with E-state index in [0.29, 0.717) is 29.0 Å². The summed E-state index contributed by atoms with van der Waals surface area (Å²) in [5.74, 6) is 1.15. The van der Waals surface area contributed by atoms with Crippen LogP contribution in [-0.4, -0.2) is 28.9 Å². The average molecular weight is 489 g/mol. The lowest BCUT2D eigenvalue weighted by atomic mass is 9.68. The monoisotopic (exact) mass is 488 g/mol. The van der Waals surface area contributed by atoms with Crippen molar-refractivity contribution in [2.45, 2.75) is 52.9 Å². The van der Waals surface area contributed by atoms with Gasteiger partial charge in [0.15, 0.2) is 0 Å². The van der Waals surface area contributed by atoms with E-state index in [4.69, 9.17) is 4.98 Å². The zero-order chi connectivity index (χ0) is 25.4. The molecule has 1 aliphatic rings. The Morgan fingerprint density at radius 2 is 1.89 bits per heavy atom. The molecule has 1 saturated carbocycles. The number of anilines is 2. The highest BCUT2D eigenvalue weighted by Gasteiger charge is 2.33. The first-order valence-corrected chi connectivity index (χ1v) is 11.8. The molecule has 1 heterocycles. The predicted octanol–water partition coefficient (Wildman–Crippen LogP) is 6.50. The van der Waals surface area contributed by atoms with Gasteiger partial charge in [-0.2, -0.15) is 0 Å². The summed E-state index contributed by atoms with van der Waals surface area (Å²) in [7, 11) is 1.59. The number of ether oxygens (including phenoxy) is 1. The molecule has 0 spiro atoms. The molecule has 6 nitrogen and oxygen atoms in total. The van der Waals surface area contributed by atoms with Gasteiger partial charge in [-0.05, 0) is 79.0 Å². The molecule has 4 rings (SSSR count). The third-order valence-corrected chi connectivity index (χ3v) is 6.50. The molecule has 0 radical (unpaired) electrons. The van der Waals surface area contributed by atoms with Crippen molar-refractivity contribution in [1.29, 1.82) is 0 Å². The first kappa shape index (κ1) is 24.9. The van der Waals surface area contributed by atoms with Gasteiger partial charge in [-0.3, -0.25) is 4.79 Å². The second-order valence-electron chi connectivity index (χ2n) is 10.3. The number of carbonyl (C=O) groups is 1. The van der Waals surface area contributed by atoms with Gasteiger partial charge in [0.2, 0.25) is 5.95 Å². The summed E-state index contributed by atoms with van der Waals surface area (Å²) in [5, 5.41) is 5.91. The Labute approximate surface area is 202 Å². The van der Waals surface area contributed by atoms with E-state index in [2.05, 4.69) is 40.7 Å². The number of imidazole rings is 1. The second-order valence-corrected chi connectivity index (χ2v) is 10.3. The molecule has 2 atom stereocenters. The van der Waals surface area contributed by atoms with Gasteiger partial charge < -0.3 is 19.9 Å². The first-order chi connectivity index (χ1) is 16.4. The van der Waals surface area contributed by atoms with Crippen molar-refractivity contribution in [3.05, 3.63) is 48.0 Å². The lowest BCUT2D eigenvalue weighted by Gasteiger charge is -2.39. The molecule has 2 aromatic carbocycles. The third kappa shape index (κ3) is 6.07. The van der Waals surface area contributed by atoms with E-state index in [1.54, 1.807) is 13.1 Å². The van der Waals surface area contributed by atoms with Gasteiger partial charge in [0.05, 0.1) is 11.0 Å². The van der Waals surface area contributed by atoms with Crippen LogP contribution in [-0.2, 0) is 6.54 Å². The molecule has 1 aliphatic carbocycles. The summed E-state index contributed by atoms with van der Waals surface area (Å²) in [6.07, 6.45) is -1.38. The van der Waals surface area contributed by atoms with Crippen molar-refractivity contribution < 1.29 is 22.7 Å². The smallest absolute Gasteiger partial charge is 0.406 e. The minimum absolute atomic E-state index is 0.179. The van der Waals surface area contributed by atoms with Gasteiger partial charge in [0, 0.05) is 24.8 Å². The number of rotatable bonds is 6. The first-order valence-electron chi connectivity index (χ1n) is 11.8. The number of alkyl halides is 3. The summed E-state index contributed by atoms with van der Waals surface area (Å²) >= 11 is 0. The van der Waals surface area contributed by atoms with E-state index in [1.165, 1.54) is 30.7 Å². The van der Waals surface area contributed by atoms with Gasteiger partial charge in [-0.1, -0.05) is 20.8 Å².